The molecule has 1 saturated heterocycles. The van der Waals surface area contributed by atoms with Crippen LogP contribution in [0.5, 0.6) is 0 Å². The van der Waals surface area contributed by atoms with Gasteiger partial charge in [0, 0.05) is 12.6 Å². The zero-order valence-corrected chi connectivity index (χ0v) is 10.9. The summed E-state index contributed by atoms with van der Waals surface area (Å²) in [6.45, 7) is -0.562. The van der Waals surface area contributed by atoms with Crippen molar-refractivity contribution in [2.75, 3.05) is 12.3 Å². The molecule has 1 aromatic rings. The standard InChI is InChI=1S/C9H13N3O7S/c10-7-1-2-12(9(14)11-7)8-3-5(13)6(19-8)4-18-20(15,16)17/h1-2,5-6,8,13H,3-4H2,(H2,10,11,14)(H,15,16,17)/t5-,6+,8+/m0/s1. The molecule has 0 amide bonds. The molecule has 4 N–H and O–H groups in total. The van der Waals surface area contributed by atoms with Gasteiger partial charge in [-0.3, -0.25) is 9.12 Å². The highest BCUT2D eigenvalue weighted by atomic mass is 32.3. The molecule has 1 fully saturated rings. The number of rotatable bonds is 4. The molecule has 1 aliphatic heterocycles. The molecule has 0 spiro atoms. The molecule has 112 valence electrons. The number of ether oxygens (including phenoxy) is 1. The number of nitrogens with two attached hydrogens (primary N) is 1. The second kappa shape index (κ2) is 5.46. The van der Waals surface area contributed by atoms with Gasteiger partial charge in [-0.15, -0.1) is 0 Å². The SMILES string of the molecule is Nc1ccn([C@H]2C[C@H](O)[C@@H](COS(=O)(=O)O)O2)c(=O)n1. The van der Waals surface area contributed by atoms with Gasteiger partial charge in [0.25, 0.3) is 0 Å². The predicted molar refractivity (Wildman–Crippen MR) is 64.9 cm³/mol. The molecule has 3 atom stereocenters. The van der Waals surface area contributed by atoms with Crippen molar-refractivity contribution in [1.82, 2.24) is 9.55 Å². The topological polar surface area (TPSA) is 154 Å². The Morgan fingerprint density at radius 1 is 1.60 bits per heavy atom. The summed E-state index contributed by atoms with van der Waals surface area (Å²) < 4.78 is 39.9. The Morgan fingerprint density at radius 2 is 2.30 bits per heavy atom. The van der Waals surface area contributed by atoms with E-state index in [1.54, 1.807) is 0 Å². The first-order chi connectivity index (χ1) is 9.26. The molecular weight excluding hydrogens is 294 g/mol. The van der Waals surface area contributed by atoms with E-state index in [1.807, 2.05) is 0 Å². The highest BCUT2D eigenvalue weighted by molar-refractivity contribution is 7.80. The van der Waals surface area contributed by atoms with Crippen molar-refractivity contribution in [3.05, 3.63) is 22.7 Å². The van der Waals surface area contributed by atoms with Crippen LogP contribution in [0.4, 0.5) is 5.82 Å². The summed E-state index contributed by atoms with van der Waals surface area (Å²) >= 11 is 0. The molecule has 0 bridgehead atoms. The van der Waals surface area contributed by atoms with Crippen LogP contribution in [0.25, 0.3) is 0 Å². The molecule has 10 nitrogen and oxygen atoms in total. The van der Waals surface area contributed by atoms with Crippen LogP contribution in [-0.4, -0.2) is 46.4 Å². The van der Waals surface area contributed by atoms with Gasteiger partial charge < -0.3 is 15.6 Å². The summed E-state index contributed by atoms with van der Waals surface area (Å²) in [6.07, 6.45) is -1.46. The maximum Gasteiger partial charge on any atom is 0.397 e. The van der Waals surface area contributed by atoms with E-state index >= 15 is 0 Å². The maximum absolute atomic E-state index is 11.6. The van der Waals surface area contributed by atoms with Gasteiger partial charge >= 0.3 is 16.1 Å². The number of aliphatic hydroxyl groups excluding tert-OH is 1. The second-order valence-electron chi connectivity index (χ2n) is 4.19. The molecule has 11 heteroatoms. The van der Waals surface area contributed by atoms with Gasteiger partial charge in [0.1, 0.15) is 18.1 Å². The molecule has 2 heterocycles. The highest BCUT2D eigenvalue weighted by Gasteiger charge is 2.36. The summed E-state index contributed by atoms with van der Waals surface area (Å²) in [5.41, 5.74) is 4.69. The summed E-state index contributed by atoms with van der Waals surface area (Å²) in [6, 6.07) is 1.39. The van der Waals surface area contributed by atoms with Crippen LogP contribution >= 0.6 is 0 Å². The average Bonchev–Trinajstić information content (AvgIpc) is 2.67. The number of nitrogens with zero attached hydrogens (tertiary/aromatic N) is 2. The molecule has 2 rings (SSSR count). The average molecular weight is 307 g/mol. The lowest BCUT2D eigenvalue weighted by Crippen LogP contribution is -2.29. The van der Waals surface area contributed by atoms with E-state index in [0.717, 1.165) is 4.57 Å². The van der Waals surface area contributed by atoms with Crippen molar-refractivity contribution >= 4 is 16.2 Å². The quantitative estimate of drug-likeness (QED) is 0.551. The number of nitrogen functional groups attached to an aromatic ring is 1. The Kier molecular flexibility index (Phi) is 4.06. The fourth-order valence-corrected chi connectivity index (χ4v) is 2.14. The van der Waals surface area contributed by atoms with E-state index in [-0.39, 0.29) is 12.2 Å². The van der Waals surface area contributed by atoms with Crippen molar-refractivity contribution in [2.24, 2.45) is 0 Å². The minimum Gasteiger partial charge on any atom is -0.390 e. The van der Waals surface area contributed by atoms with Gasteiger partial charge in [-0.2, -0.15) is 13.4 Å². The van der Waals surface area contributed by atoms with Crippen molar-refractivity contribution in [2.45, 2.75) is 24.9 Å². The molecule has 0 aliphatic carbocycles. The normalized spacial score (nSPS) is 26.8. The van der Waals surface area contributed by atoms with Crippen molar-refractivity contribution in [3.63, 3.8) is 0 Å². The Morgan fingerprint density at radius 3 is 2.90 bits per heavy atom. The van der Waals surface area contributed by atoms with Crippen LogP contribution in [0.15, 0.2) is 17.1 Å². The van der Waals surface area contributed by atoms with Gasteiger partial charge in [0.15, 0.2) is 0 Å². The van der Waals surface area contributed by atoms with Crippen LogP contribution < -0.4 is 11.4 Å². The summed E-state index contributed by atoms with van der Waals surface area (Å²) in [4.78, 5) is 15.1. The van der Waals surface area contributed by atoms with Gasteiger partial charge in [0.05, 0.1) is 12.7 Å². The second-order valence-corrected chi connectivity index (χ2v) is 5.28. The fraction of sp³-hybridized carbons (Fsp3) is 0.556. The largest absolute Gasteiger partial charge is 0.397 e. The molecular formula is C9H13N3O7S. The van der Waals surface area contributed by atoms with E-state index < -0.39 is 41.1 Å². The van der Waals surface area contributed by atoms with Gasteiger partial charge in [-0.05, 0) is 6.07 Å². The van der Waals surface area contributed by atoms with Gasteiger partial charge in [-0.1, -0.05) is 0 Å². The number of hydrogen-bond acceptors (Lipinski definition) is 8. The molecule has 0 radical (unpaired) electrons. The van der Waals surface area contributed by atoms with Crippen LogP contribution in [0, 0.1) is 0 Å². The number of aromatic nitrogens is 2. The van der Waals surface area contributed by atoms with Crippen molar-refractivity contribution < 1.29 is 27.0 Å². The number of anilines is 1. The maximum atomic E-state index is 11.6. The first kappa shape index (κ1) is 14.9. The van der Waals surface area contributed by atoms with Crippen LogP contribution in [0.1, 0.15) is 12.6 Å². The summed E-state index contributed by atoms with van der Waals surface area (Å²) in [5.74, 6) is 0.0519. The van der Waals surface area contributed by atoms with Crippen molar-refractivity contribution in [3.8, 4) is 0 Å². The van der Waals surface area contributed by atoms with E-state index in [0.29, 0.717) is 0 Å². The number of aliphatic hydroxyl groups is 1. The van der Waals surface area contributed by atoms with Crippen molar-refractivity contribution in [1.29, 1.82) is 0 Å². The van der Waals surface area contributed by atoms with Crippen LogP contribution in [0.3, 0.4) is 0 Å². The molecule has 20 heavy (non-hydrogen) atoms. The summed E-state index contributed by atoms with van der Waals surface area (Å²) in [5, 5.41) is 9.72. The lowest BCUT2D eigenvalue weighted by atomic mass is 10.2. The third-order valence-electron chi connectivity index (χ3n) is 2.75. The smallest absolute Gasteiger partial charge is 0.390 e. The number of hydrogen-bond donors (Lipinski definition) is 3. The third-order valence-corrected chi connectivity index (χ3v) is 3.18. The predicted octanol–water partition coefficient (Wildman–Crippen LogP) is -1.71. The van der Waals surface area contributed by atoms with E-state index in [2.05, 4.69) is 9.17 Å². The summed E-state index contributed by atoms with van der Waals surface area (Å²) in [7, 11) is -4.62. The minimum absolute atomic E-state index is 0.0466. The zero-order valence-electron chi connectivity index (χ0n) is 10.1. The molecule has 0 saturated carbocycles. The van der Waals surface area contributed by atoms with Crippen LogP contribution in [0.2, 0.25) is 0 Å². The van der Waals surface area contributed by atoms with Gasteiger partial charge in [-0.25, -0.2) is 8.98 Å². The van der Waals surface area contributed by atoms with Gasteiger partial charge in [0.2, 0.25) is 0 Å². The Labute approximate surface area is 113 Å². The molecule has 0 aromatic carbocycles. The van der Waals surface area contributed by atoms with Crippen LogP contribution in [-0.2, 0) is 19.3 Å². The zero-order chi connectivity index (χ0) is 14.9. The molecule has 1 aliphatic rings. The van der Waals surface area contributed by atoms with E-state index in [1.165, 1.54) is 12.3 Å². The van der Waals surface area contributed by atoms with E-state index in [4.69, 9.17) is 15.0 Å². The fourth-order valence-electron chi connectivity index (χ4n) is 1.83. The lowest BCUT2D eigenvalue weighted by Gasteiger charge is -2.15. The lowest BCUT2D eigenvalue weighted by molar-refractivity contribution is -0.0414. The Bertz CT molecular complexity index is 643. The first-order valence-corrected chi connectivity index (χ1v) is 6.93. The first-order valence-electron chi connectivity index (χ1n) is 5.56. The molecule has 0 unspecified atom stereocenters. The monoisotopic (exact) mass is 307 g/mol. The Balaban J connectivity index is 2.08. The minimum atomic E-state index is -4.62. The van der Waals surface area contributed by atoms with E-state index in [9.17, 15) is 18.3 Å². The highest BCUT2D eigenvalue weighted by Crippen LogP contribution is 2.28. The Hall–Kier alpha value is -1.53. The third kappa shape index (κ3) is 3.52. The molecule has 1 aromatic heterocycles.